The number of hydrogen-bond donors (Lipinski definition) is 9. The van der Waals surface area contributed by atoms with Crippen LogP contribution in [-0.4, -0.2) is 134 Å². The van der Waals surface area contributed by atoms with E-state index in [1.54, 1.807) is 0 Å². The molecule has 2 rings (SSSR count). The fourth-order valence-electron chi connectivity index (χ4n) is 4.63. The molecule has 36 heavy (non-hydrogen) atoms. The van der Waals surface area contributed by atoms with Crippen molar-refractivity contribution >= 4 is 17.8 Å². The third-order valence-electron chi connectivity index (χ3n) is 6.48. The zero-order valence-electron chi connectivity index (χ0n) is 20.2. The summed E-state index contributed by atoms with van der Waals surface area (Å²) in [7, 11) is 1.25. The molecule has 11 atom stereocenters. The van der Waals surface area contributed by atoms with Crippen LogP contribution in [0.2, 0.25) is 0 Å². The van der Waals surface area contributed by atoms with Gasteiger partial charge in [-0.25, -0.2) is 4.79 Å². The van der Waals surface area contributed by atoms with E-state index in [0.29, 0.717) is 0 Å². The molecule has 15 nitrogen and oxygen atoms in total. The molecule has 0 bridgehead atoms. The zero-order chi connectivity index (χ0) is 27.4. The molecule has 15 heteroatoms. The maximum Gasteiger partial charge on any atom is 0.336 e. The third kappa shape index (κ3) is 6.67. The number of aliphatic hydroxyl groups excluding tert-OH is 6. The highest BCUT2D eigenvalue weighted by Crippen LogP contribution is 2.37. The van der Waals surface area contributed by atoms with Gasteiger partial charge in [-0.3, -0.25) is 9.59 Å². The number of aliphatic hydroxyl groups is 6. The van der Waals surface area contributed by atoms with E-state index >= 15 is 0 Å². The number of methoxy groups -OCH3 is 1. The van der Waals surface area contributed by atoms with Crippen molar-refractivity contribution in [3.05, 3.63) is 0 Å². The van der Waals surface area contributed by atoms with Gasteiger partial charge in [0.05, 0.1) is 24.9 Å². The number of hydrogen-bond acceptors (Lipinski definition) is 12. The SMILES string of the molecule is CO[C@H]1O[C@H](CC[C@]2(C(=O)O)C[C@H](O)[C@@H](NC(C)=O)[C@H]([C@H](O)[C@H](O)CO)O2)[C@H](O)[C@H](O)[C@H]1NC(C)=O. The summed E-state index contributed by atoms with van der Waals surface area (Å²) in [4.78, 5) is 35.4. The number of carboxylic acids is 1. The molecule has 0 unspecified atom stereocenters. The van der Waals surface area contributed by atoms with Crippen LogP contribution in [0.15, 0.2) is 0 Å². The van der Waals surface area contributed by atoms with Crippen molar-refractivity contribution in [3.63, 3.8) is 0 Å². The second kappa shape index (κ2) is 12.5. The highest BCUT2D eigenvalue weighted by atomic mass is 16.7. The topological polar surface area (TPSA) is 245 Å². The van der Waals surface area contributed by atoms with Crippen LogP contribution in [0.3, 0.4) is 0 Å². The average Bonchev–Trinajstić information content (AvgIpc) is 2.81. The van der Waals surface area contributed by atoms with Gasteiger partial charge in [-0.1, -0.05) is 0 Å². The predicted molar refractivity (Wildman–Crippen MR) is 117 cm³/mol. The fourth-order valence-corrected chi connectivity index (χ4v) is 4.63. The van der Waals surface area contributed by atoms with Gasteiger partial charge in [0, 0.05) is 27.4 Å². The van der Waals surface area contributed by atoms with Gasteiger partial charge in [-0.05, 0) is 12.8 Å². The second-order valence-electron chi connectivity index (χ2n) is 9.14. The molecule has 0 saturated carbocycles. The Morgan fingerprint density at radius 3 is 2.14 bits per heavy atom. The van der Waals surface area contributed by atoms with E-state index in [1.807, 2.05) is 0 Å². The van der Waals surface area contributed by atoms with Crippen molar-refractivity contribution in [1.29, 1.82) is 0 Å². The second-order valence-corrected chi connectivity index (χ2v) is 9.14. The summed E-state index contributed by atoms with van der Waals surface area (Å²) in [5, 5.41) is 76.2. The molecule has 2 heterocycles. The van der Waals surface area contributed by atoms with E-state index < -0.39 is 104 Å². The molecular formula is C21H36N2O13. The lowest BCUT2D eigenvalue weighted by Gasteiger charge is -2.48. The van der Waals surface area contributed by atoms with Crippen molar-refractivity contribution in [2.24, 2.45) is 0 Å². The number of nitrogens with one attached hydrogen (secondary N) is 2. The monoisotopic (exact) mass is 524 g/mol. The number of rotatable bonds is 10. The van der Waals surface area contributed by atoms with Crippen LogP contribution >= 0.6 is 0 Å². The molecule has 2 saturated heterocycles. The molecule has 0 spiro atoms. The van der Waals surface area contributed by atoms with Crippen LogP contribution in [0, 0.1) is 0 Å². The van der Waals surface area contributed by atoms with Crippen LogP contribution in [0.4, 0.5) is 0 Å². The average molecular weight is 525 g/mol. The van der Waals surface area contributed by atoms with Gasteiger partial charge < -0.3 is 60.6 Å². The Labute approximate surface area is 207 Å². The standard InChI is InChI=1S/C21H36N2O13/c1-8(25)22-13-10(27)6-21(20(32)33,36-18(13)15(29)11(28)7-24)5-4-12-16(30)17(31)14(23-9(2)26)19(34-3)35-12/h10-19,24,27-31H,4-7H2,1-3H3,(H,22,25)(H,23,26)(H,32,33)/t10-,11+,12+,13+,14+,15+,16-,17+,18+,19-,21+/m0/s1. The summed E-state index contributed by atoms with van der Waals surface area (Å²) in [5.74, 6) is -2.66. The molecule has 0 aromatic rings. The summed E-state index contributed by atoms with van der Waals surface area (Å²) in [6.07, 6.45) is -13.4. The van der Waals surface area contributed by atoms with Crippen LogP contribution in [0.5, 0.6) is 0 Å². The maximum atomic E-state index is 12.3. The quantitative estimate of drug-likeness (QED) is 0.131. The molecule has 0 radical (unpaired) electrons. The Hall–Kier alpha value is -1.95. The Balaban J connectivity index is 2.28. The first kappa shape index (κ1) is 30.3. The number of carbonyl (C=O) groups is 3. The lowest BCUT2D eigenvalue weighted by molar-refractivity contribution is -0.264. The Morgan fingerprint density at radius 2 is 1.64 bits per heavy atom. The van der Waals surface area contributed by atoms with Crippen LogP contribution in [-0.2, 0) is 28.6 Å². The number of carbonyl (C=O) groups excluding carboxylic acids is 2. The molecule has 9 N–H and O–H groups in total. The van der Waals surface area contributed by atoms with Gasteiger partial charge in [0.25, 0.3) is 0 Å². The Bertz CT molecular complexity index is 783. The number of aliphatic carboxylic acids is 1. The first-order chi connectivity index (χ1) is 16.8. The van der Waals surface area contributed by atoms with Gasteiger partial charge >= 0.3 is 5.97 Å². The normalized spacial score (nSPS) is 38.6. The van der Waals surface area contributed by atoms with E-state index in [2.05, 4.69) is 10.6 Å². The minimum absolute atomic E-state index is 0.236. The van der Waals surface area contributed by atoms with Gasteiger partial charge in [0.2, 0.25) is 11.8 Å². The maximum absolute atomic E-state index is 12.3. The van der Waals surface area contributed by atoms with Gasteiger partial charge in [-0.15, -0.1) is 0 Å². The Morgan fingerprint density at radius 1 is 1.06 bits per heavy atom. The summed E-state index contributed by atoms with van der Waals surface area (Å²) in [5.41, 5.74) is -2.17. The molecule has 2 fully saturated rings. The largest absolute Gasteiger partial charge is 0.479 e. The van der Waals surface area contributed by atoms with Crippen molar-refractivity contribution in [3.8, 4) is 0 Å². The molecule has 0 aliphatic carbocycles. The highest BCUT2D eigenvalue weighted by Gasteiger charge is 2.55. The third-order valence-corrected chi connectivity index (χ3v) is 6.48. The van der Waals surface area contributed by atoms with E-state index in [4.69, 9.17) is 14.2 Å². The highest BCUT2D eigenvalue weighted by molar-refractivity contribution is 5.78. The predicted octanol–water partition coefficient (Wildman–Crippen LogP) is -4.44. The Kier molecular flexibility index (Phi) is 10.5. The summed E-state index contributed by atoms with van der Waals surface area (Å²) in [6, 6.07) is -2.40. The minimum atomic E-state index is -2.17. The number of ether oxygens (including phenoxy) is 3. The molecule has 0 aromatic heterocycles. The zero-order valence-corrected chi connectivity index (χ0v) is 20.2. The number of carboxylic acid groups (broad SMARTS) is 1. The molecular weight excluding hydrogens is 488 g/mol. The van der Waals surface area contributed by atoms with E-state index in [0.717, 1.165) is 6.92 Å². The summed E-state index contributed by atoms with van der Waals surface area (Å²) in [6.45, 7) is 1.43. The lowest BCUT2D eigenvalue weighted by Crippen LogP contribution is -2.67. The van der Waals surface area contributed by atoms with Crippen molar-refractivity contribution in [2.75, 3.05) is 13.7 Å². The molecule has 0 aromatic carbocycles. The molecule has 208 valence electrons. The van der Waals surface area contributed by atoms with Gasteiger partial charge in [-0.2, -0.15) is 0 Å². The van der Waals surface area contributed by atoms with E-state index in [9.17, 15) is 50.1 Å². The van der Waals surface area contributed by atoms with Crippen LogP contribution in [0.1, 0.15) is 33.1 Å². The fraction of sp³-hybridized carbons (Fsp3) is 0.857. The van der Waals surface area contributed by atoms with Crippen molar-refractivity contribution in [1.82, 2.24) is 10.6 Å². The van der Waals surface area contributed by atoms with Gasteiger partial charge in [0.1, 0.15) is 36.6 Å². The van der Waals surface area contributed by atoms with E-state index in [1.165, 1.54) is 14.0 Å². The van der Waals surface area contributed by atoms with E-state index in [-0.39, 0.29) is 6.42 Å². The first-order valence-electron chi connectivity index (χ1n) is 11.4. The summed E-state index contributed by atoms with van der Waals surface area (Å²) < 4.78 is 16.5. The first-order valence-corrected chi connectivity index (χ1v) is 11.4. The molecule has 2 amide bonds. The summed E-state index contributed by atoms with van der Waals surface area (Å²) >= 11 is 0. The van der Waals surface area contributed by atoms with Gasteiger partial charge in [0.15, 0.2) is 11.9 Å². The van der Waals surface area contributed by atoms with Crippen molar-refractivity contribution < 1.29 is 64.3 Å². The lowest BCUT2D eigenvalue weighted by atomic mass is 9.80. The molecule has 2 aliphatic rings. The van der Waals surface area contributed by atoms with Crippen LogP contribution < -0.4 is 10.6 Å². The smallest absolute Gasteiger partial charge is 0.336 e. The minimum Gasteiger partial charge on any atom is -0.479 e. The van der Waals surface area contributed by atoms with Crippen molar-refractivity contribution in [2.45, 2.75) is 99.8 Å². The van der Waals surface area contributed by atoms with Crippen LogP contribution in [0.25, 0.3) is 0 Å². The number of amides is 2. The molecule has 2 aliphatic heterocycles.